The third-order valence-corrected chi connectivity index (χ3v) is 4.73. The Balaban J connectivity index is 1.92. The van der Waals surface area contributed by atoms with Gasteiger partial charge in [-0.3, -0.25) is 9.59 Å². The van der Waals surface area contributed by atoms with E-state index in [4.69, 9.17) is 10.2 Å². The quantitative estimate of drug-likeness (QED) is 0.545. The molecule has 144 valence electrons. The Morgan fingerprint density at radius 3 is 2.31 bits per heavy atom. The Morgan fingerprint density at radius 1 is 0.931 bits per heavy atom. The maximum atomic E-state index is 13.3. The van der Waals surface area contributed by atoms with E-state index in [0.29, 0.717) is 33.4 Å². The molecule has 1 aromatic heterocycles. The van der Waals surface area contributed by atoms with Gasteiger partial charge in [0.2, 0.25) is 5.91 Å². The van der Waals surface area contributed by atoms with Gasteiger partial charge < -0.3 is 15.5 Å². The Morgan fingerprint density at radius 2 is 1.62 bits per heavy atom. The Labute approximate surface area is 165 Å². The number of carbonyl (C=O) groups excluding carboxylic acids is 2. The van der Waals surface area contributed by atoms with Crippen LogP contribution >= 0.6 is 0 Å². The van der Waals surface area contributed by atoms with Crippen LogP contribution in [0.15, 0.2) is 71.1 Å². The largest absolute Gasteiger partial charge is 0.455 e. The third-order valence-electron chi connectivity index (χ3n) is 4.73. The Kier molecular flexibility index (Phi) is 4.60. The van der Waals surface area contributed by atoms with Crippen LogP contribution < -0.4 is 11.1 Å². The number of primary amides is 1. The fraction of sp³-hybridized carbons (Fsp3) is 0.0435. The van der Waals surface area contributed by atoms with Crippen molar-refractivity contribution in [1.29, 1.82) is 0 Å². The highest BCUT2D eigenvalue weighted by molar-refractivity contribution is 6.11. The second-order valence-electron chi connectivity index (χ2n) is 6.55. The molecule has 29 heavy (non-hydrogen) atoms. The molecule has 0 aliphatic heterocycles. The first-order valence-electron chi connectivity index (χ1n) is 8.92. The summed E-state index contributed by atoms with van der Waals surface area (Å²) in [6, 6.07) is 18.1. The van der Waals surface area contributed by atoms with Gasteiger partial charge in [0.25, 0.3) is 5.91 Å². The number of hydrogen-bond donors (Lipinski definition) is 2. The van der Waals surface area contributed by atoms with Gasteiger partial charge in [-0.15, -0.1) is 0 Å². The molecular weight excluding hydrogens is 371 g/mol. The van der Waals surface area contributed by atoms with Crippen molar-refractivity contribution >= 4 is 22.8 Å². The van der Waals surface area contributed by atoms with Gasteiger partial charge in [0.05, 0.1) is 5.56 Å². The number of amides is 2. The lowest BCUT2D eigenvalue weighted by molar-refractivity contribution is 0.0963. The molecule has 0 aliphatic rings. The highest BCUT2D eigenvalue weighted by atomic mass is 19.1. The Hall–Kier alpha value is -3.93. The predicted octanol–water partition coefficient (Wildman–Crippen LogP) is 4.36. The molecule has 0 bridgehead atoms. The molecule has 0 unspecified atom stereocenters. The van der Waals surface area contributed by atoms with Crippen LogP contribution in [0.1, 0.15) is 20.7 Å². The lowest BCUT2D eigenvalue weighted by Crippen LogP contribution is -2.18. The number of carbonyl (C=O) groups is 2. The molecule has 1 heterocycles. The molecule has 2 amide bonds. The summed E-state index contributed by atoms with van der Waals surface area (Å²) in [6.07, 6.45) is 0. The van der Waals surface area contributed by atoms with Crippen molar-refractivity contribution in [2.45, 2.75) is 0 Å². The second kappa shape index (κ2) is 7.24. The topological polar surface area (TPSA) is 85.3 Å². The number of halogens is 1. The van der Waals surface area contributed by atoms with E-state index in [2.05, 4.69) is 5.32 Å². The van der Waals surface area contributed by atoms with Crippen LogP contribution in [0.3, 0.4) is 0 Å². The fourth-order valence-corrected chi connectivity index (χ4v) is 3.28. The summed E-state index contributed by atoms with van der Waals surface area (Å²) in [5.74, 6) is -0.836. The van der Waals surface area contributed by atoms with E-state index in [1.807, 2.05) is 18.2 Å². The number of hydrogen-bond acceptors (Lipinski definition) is 3. The summed E-state index contributed by atoms with van der Waals surface area (Å²) < 4.78 is 19.3. The summed E-state index contributed by atoms with van der Waals surface area (Å²) in [5, 5.41) is 3.25. The molecule has 5 nitrogen and oxygen atoms in total. The summed E-state index contributed by atoms with van der Waals surface area (Å²) in [5.41, 5.74) is 8.85. The number of furan rings is 1. The molecule has 0 atom stereocenters. The van der Waals surface area contributed by atoms with Gasteiger partial charge in [-0.1, -0.05) is 18.2 Å². The zero-order valence-corrected chi connectivity index (χ0v) is 15.5. The fourth-order valence-electron chi connectivity index (χ4n) is 3.28. The second-order valence-corrected chi connectivity index (χ2v) is 6.55. The highest BCUT2D eigenvalue weighted by Crippen LogP contribution is 2.36. The minimum atomic E-state index is -0.513. The van der Waals surface area contributed by atoms with E-state index < -0.39 is 5.91 Å². The molecule has 0 saturated carbocycles. The highest BCUT2D eigenvalue weighted by Gasteiger charge is 2.22. The SMILES string of the molecule is CNC(=O)c1c(-c2ccc(F)cc2)oc2ccc(-c3cccc(C(N)=O)c3)cc12. The molecule has 0 fully saturated rings. The monoisotopic (exact) mass is 388 g/mol. The van der Waals surface area contributed by atoms with Crippen molar-refractivity contribution in [3.8, 4) is 22.5 Å². The number of rotatable bonds is 4. The van der Waals surface area contributed by atoms with Gasteiger partial charge in [-0.05, 0) is 59.7 Å². The molecule has 0 aliphatic carbocycles. The number of fused-ring (bicyclic) bond motifs is 1. The maximum absolute atomic E-state index is 13.3. The summed E-state index contributed by atoms with van der Waals surface area (Å²) >= 11 is 0. The first-order valence-corrected chi connectivity index (χ1v) is 8.92. The van der Waals surface area contributed by atoms with Gasteiger partial charge in [-0.2, -0.15) is 0 Å². The smallest absolute Gasteiger partial charge is 0.255 e. The predicted molar refractivity (Wildman–Crippen MR) is 109 cm³/mol. The normalized spacial score (nSPS) is 10.8. The molecule has 4 aromatic rings. The van der Waals surface area contributed by atoms with Crippen LogP contribution in [0.25, 0.3) is 33.4 Å². The molecule has 3 N–H and O–H groups in total. The lowest BCUT2D eigenvalue weighted by atomic mass is 9.99. The van der Waals surface area contributed by atoms with E-state index in [0.717, 1.165) is 11.1 Å². The number of nitrogens with one attached hydrogen (secondary N) is 1. The van der Waals surface area contributed by atoms with Crippen molar-refractivity contribution in [1.82, 2.24) is 5.32 Å². The van der Waals surface area contributed by atoms with Crippen LogP contribution in [0, 0.1) is 5.82 Å². The first kappa shape index (κ1) is 18.4. The lowest BCUT2D eigenvalue weighted by Gasteiger charge is -2.05. The van der Waals surface area contributed by atoms with Crippen molar-refractivity contribution in [3.05, 3.63) is 83.7 Å². The van der Waals surface area contributed by atoms with E-state index in [1.165, 1.54) is 19.2 Å². The minimum Gasteiger partial charge on any atom is -0.455 e. The van der Waals surface area contributed by atoms with E-state index in [1.54, 1.807) is 36.4 Å². The van der Waals surface area contributed by atoms with E-state index >= 15 is 0 Å². The third kappa shape index (κ3) is 3.36. The molecular formula is C23H17FN2O3. The average Bonchev–Trinajstić information content (AvgIpc) is 3.12. The van der Waals surface area contributed by atoms with Crippen molar-refractivity contribution in [2.24, 2.45) is 5.73 Å². The number of benzene rings is 3. The summed E-state index contributed by atoms with van der Waals surface area (Å²) in [7, 11) is 1.54. The van der Waals surface area contributed by atoms with Crippen LogP contribution in [-0.4, -0.2) is 18.9 Å². The van der Waals surface area contributed by atoms with Crippen molar-refractivity contribution in [3.63, 3.8) is 0 Å². The van der Waals surface area contributed by atoms with Crippen LogP contribution in [-0.2, 0) is 0 Å². The van der Waals surface area contributed by atoms with Gasteiger partial charge >= 0.3 is 0 Å². The summed E-state index contributed by atoms with van der Waals surface area (Å²) in [4.78, 5) is 24.1. The maximum Gasteiger partial charge on any atom is 0.255 e. The van der Waals surface area contributed by atoms with Gasteiger partial charge in [0.1, 0.15) is 17.2 Å². The molecule has 0 saturated heterocycles. The van der Waals surface area contributed by atoms with E-state index in [9.17, 15) is 14.0 Å². The summed E-state index contributed by atoms with van der Waals surface area (Å²) in [6.45, 7) is 0. The van der Waals surface area contributed by atoms with Crippen molar-refractivity contribution in [2.75, 3.05) is 7.05 Å². The molecule has 3 aromatic carbocycles. The minimum absolute atomic E-state index is 0.314. The van der Waals surface area contributed by atoms with Gasteiger partial charge in [0.15, 0.2) is 0 Å². The average molecular weight is 388 g/mol. The standard InChI is InChI=1S/C23H17FN2O3/c1-26-23(28)20-18-12-15(14-3-2-4-16(11-14)22(25)27)7-10-19(18)29-21(20)13-5-8-17(24)9-6-13/h2-12H,1H3,(H2,25,27)(H,26,28). The Bertz CT molecular complexity index is 1240. The first-order chi connectivity index (χ1) is 14.0. The van der Waals surface area contributed by atoms with E-state index in [-0.39, 0.29) is 11.7 Å². The molecule has 0 spiro atoms. The van der Waals surface area contributed by atoms with Crippen LogP contribution in [0.4, 0.5) is 4.39 Å². The zero-order valence-electron chi connectivity index (χ0n) is 15.5. The van der Waals surface area contributed by atoms with Crippen LogP contribution in [0.5, 0.6) is 0 Å². The molecule has 6 heteroatoms. The van der Waals surface area contributed by atoms with Crippen molar-refractivity contribution < 1.29 is 18.4 Å². The molecule has 0 radical (unpaired) electrons. The van der Waals surface area contributed by atoms with Gasteiger partial charge in [-0.25, -0.2) is 4.39 Å². The molecule has 4 rings (SSSR count). The van der Waals surface area contributed by atoms with Gasteiger partial charge in [0, 0.05) is 23.6 Å². The van der Waals surface area contributed by atoms with Crippen LogP contribution in [0.2, 0.25) is 0 Å². The zero-order chi connectivity index (χ0) is 20.5. The number of nitrogens with two attached hydrogens (primary N) is 1.